The van der Waals surface area contributed by atoms with Crippen LogP contribution in [0.4, 0.5) is 23.7 Å². The summed E-state index contributed by atoms with van der Waals surface area (Å²) in [6.07, 6.45) is -1.07. The summed E-state index contributed by atoms with van der Waals surface area (Å²) in [4.78, 5) is 11.4. The SMILES string of the molecule is O=C(Nc1c(F)cc(F)cc1F)Oc1ccccc1. The Morgan fingerprint density at radius 2 is 1.58 bits per heavy atom. The van der Waals surface area contributed by atoms with E-state index in [1.165, 1.54) is 12.1 Å². The molecule has 0 atom stereocenters. The first-order valence-corrected chi connectivity index (χ1v) is 5.24. The summed E-state index contributed by atoms with van der Waals surface area (Å²) < 4.78 is 44.0. The quantitative estimate of drug-likeness (QED) is 0.900. The van der Waals surface area contributed by atoms with Crippen molar-refractivity contribution < 1.29 is 22.7 Å². The van der Waals surface area contributed by atoms with Gasteiger partial charge in [0.1, 0.15) is 17.3 Å². The van der Waals surface area contributed by atoms with Crippen LogP contribution in [0.15, 0.2) is 42.5 Å². The van der Waals surface area contributed by atoms with Crippen LogP contribution < -0.4 is 10.1 Å². The molecule has 0 aliphatic carbocycles. The number of anilines is 1. The number of benzene rings is 2. The summed E-state index contributed by atoms with van der Waals surface area (Å²) in [7, 11) is 0. The molecule has 0 radical (unpaired) electrons. The van der Waals surface area contributed by atoms with Crippen molar-refractivity contribution in [1.29, 1.82) is 0 Å². The normalized spacial score (nSPS) is 10.1. The average Bonchev–Trinajstić information content (AvgIpc) is 2.35. The molecule has 0 fully saturated rings. The van der Waals surface area contributed by atoms with E-state index in [1.807, 2.05) is 5.32 Å². The molecule has 2 rings (SSSR count). The lowest BCUT2D eigenvalue weighted by Crippen LogP contribution is -2.18. The minimum Gasteiger partial charge on any atom is -0.410 e. The van der Waals surface area contributed by atoms with Crippen LogP contribution in [-0.4, -0.2) is 6.09 Å². The van der Waals surface area contributed by atoms with Crippen LogP contribution in [0.1, 0.15) is 0 Å². The summed E-state index contributed by atoms with van der Waals surface area (Å²) >= 11 is 0. The molecule has 2 aromatic carbocycles. The van der Waals surface area contributed by atoms with E-state index in [1.54, 1.807) is 18.2 Å². The van der Waals surface area contributed by atoms with E-state index in [2.05, 4.69) is 0 Å². The highest BCUT2D eigenvalue weighted by Gasteiger charge is 2.15. The zero-order chi connectivity index (χ0) is 13.8. The van der Waals surface area contributed by atoms with Crippen molar-refractivity contribution in [3.63, 3.8) is 0 Å². The van der Waals surface area contributed by atoms with E-state index in [9.17, 15) is 18.0 Å². The number of nitrogens with one attached hydrogen (secondary N) is 1. The van der Waals surface area contributed by atoms with E-state index in [4.69, 9.17) is 4.74 Å². The smallest absolute Gasteiger partial charge is 0.410 e. The van der Waals surface area contributed by atoms with Crippen LogP contribution in [0.5, 0.6) is 5.75 Å². The molecule has 3 nitrogen and oxygen atoms in total. The van der Waals surface area contributed by atoms with Gasteiger partial charge < -0.3 is 4.74 Å². The monoisotopic (exact) mass is 267 g/mol. The maximum atomic E-state index is 13.3. The number of rotatable bonds is 2. The highest BCUT2D eigenvalue weighted by atomic mass is 19.1. The Morgan fingerprint density at radius 3 is 2.16 bits per heavy atom. The van der Waals surface area contributed by atoms with E-state index in [-0.39, 0.29) is 5.75 Å². The zero-order valence-electron chi connectivity index (χ0n) is 9.49. The van der Waals surface area contributed by atoms with E-state index in [0.717, 1.165) is 0 Å². The predicted octanol–water partition coefficient (Wildman–Crippen LogP) is 3.71. The van der Waals surface area contributed by atoms with Crippen molar-refractivity contribution in [2.45, 2.75) is 0 Å². The van der Waals surface area contributed by atoms with Crippen LogP contribution in [0, 0.1) is 17.5 Å². The third kappa shape index (κ3) is 3.25. The second kappa shape index (κ2) is 5.43. The fourth-order valence-electron chi connectivity index (χ4n) is 1.38. The van der Waals surface area contributed by atoms with Crippen molar-refractivity contribution in [3.05, 3.63) is 59.9 Å². The Hall–Kier alpha value is -2.50. The van der Waals surface area contributed by atoms with Gasteiger partial charge in [-0.15, -0.1) is 0 Å². The van der Waals surface area contributed by atoms with Crippen LogP contribution >= 0.6 is 0 Å². The first kappa shape index (κ1) is 12.9. The molecule has 98 valence electrons. The van der Waals surface area contributed by atoms with Crippen molar-refractivity contribution in [3.8, 4) is 5.75 Å². The fraction of sp³-hybridized carbons (Fsp3) is 0. The van der Waals surface area contributed by atoms with Crippen LogP contribution in [0.3, 0.4) is 0 Å². The Morgan fingerprint density at radius 1 is 1.00 bits per heavy atom. The maximum absolute atomic E-state index is 13.3. The summed E-state index contributed by atoms with van der Waals surface area (Å²) in [5.41, 5.74) is -0.762. The van der Waals surface area contributed by atoms with Gasteiger partial charge in [0.05, 0.1) is 0 Å². The van der Waals surface area contributed by atoms with Crippen molar-refractivity contribution in [2.24, 2.45) is 0 Å². The lowest BCUT2D eigenvalue weighted by Gasteiger charge is -2.08. The van der Waals surface area contributed by atoms with Gasteiger partial charge in [-0.05, 0) is 12.1 Å². The van der Waals surface area contributed by atoms with Crippen molar-refractivity contribution in [1.82, 2.24) is 0 Å². The summed E-state index contributed by atoms with van der Waals surface area (Å²) in [6, 6.07) is 8.88. The summed E-state index contributed by atoms with van der Waals surface area (Å²) in [6.45, 7) is 0. The first-order valence-electron chi connectivity index (χ1n) is 5.24. The third-order valence-corrected chi connectivity index (χ3v) is 2.19. The van der Waals surface area contributed by atoms with Gasteiger partial charge in [-0.25, -0.2) is 18.0 Å². The number of amides is 1. The van der Waals surface area contributed by atoms with Gasteiger partial charge in [-0.3, -0.25) is 5.32 Å². The lowest BCUT2D eigenvalue weighted by atomic mass is 10.3. The third-order valence-electron chi connectivity index (χ3n) is 2.19. The standard InChI is InChI=1S/C13H8F3NO2/c14-8-6-10(15)12(11(16)7-8)17-13(18)19-9-4-2-1-3-5-9/h1-7H,(H,17,18). The highest BCUT2D eigenvalue weighted by molar-refractivity contribution is 5.86. The minimum absolute atomic E-state index is 0.211. The molecule has 0 bridgehead atoms. The molecular formula is C13H8F3NO2. The largest absolute Gasteiger partial charge is 0.417 e. The molecule has 0 saturated carbocycles. The van der Waals surface area contributed by atoms with E-state index >= 15 is 0 Å². The minimum atomic E-state index is -1.22. The van der Waals surface area contributed by atoms with Gasteiger partial charge in [-0.1, -0.05) is 18.2 Å². The topological polar surface area (TPSA) is 38.3 Å². The van der Waals surface area contributed by atoms with Gasteiger partial charge in [-0.2, -0.15) is 0 Å². The predicted molar refractivity (Wildman–Crippen MR) is 62.4 cm³/mol. The number of carbonyl (C=O) groups is 1. The van der Waals surface area contributed by atoms with Gasteiger partial charge in [0.2, 0.25) is 0 Å². The molecule has 1 N–H and O–H groups in total. The number of hydrogen-bond acceptors (Lipinski definition) is 2. The number of carbonyl (C=O) groups excluding carboxylic acids is 1. The highest BCUT2D eigenvalue weighted by Crippen LogP contribution is 2.20. The second-order valence-electron chi connectivity index (χ2n) is 3.57. The Labute approximate surface area is 106 Å². The maximum Gasteiger partial charge on any atom is 0.417 e. The number of hydrogen-bond donors (Lipinski definition) is 1. The molecule has 19 heavy (non-hydrogen) atoms. The Kier molecular flexibility index (Phi) is 3.70. The van der Waals surface area contributed by atoms with Gasteiger partial charge in [0.15, 0.2) is 11.6 Å². The molecule has 0 aliphatic rings. The lowest BCUT2D eigenvalue weighted by molar-refractivity contribution is 0.215. The summed E-state index contributed by atoms with van der Waals surface area (Å²) in [5.74, 6) is -3.30. The van der Waals surface area contributed by atoms with Crippen molar-refractivity contribution >= 4 is 11.8 Å². The number of ether oxygens (including phenoxy) is 1. The number of para-hydroxylation sites is 1. The molecule has 0 aliphatic heterocycles. The molecular weight excluding hydrogens is 259 g/mol. The average molecular weight is 267 g/mol. The molecule has 0 spiro atoms. The molecule has 2 aromatic rings. The first-order chi connectivity index (χ1) is 9.06. The zero-order valence-corrected chi connectivity index (χ0v) is 9.49. The molecule has 0 unspecified atom stereocenters. The Balaban J connectivity index is 2.12. The van der Waals surface area contributed by atoms with E-state index in [0.29, 0.717) is 12.1 Å². The molecule has 1 amide bonds. The van der Waals surface area contributed by atoms with Crippen LogP contribution in [0.25, 0.3) is 0 Å². The second-order valence-corrected chi connectivity index (χ2v) is 3.57. The van der Waals surface area contributed by atoms with Crippen LogP contribution in [0.2, 0.25) is 0 Å². The van der Waals surface area contributed by atoms with Gasteiger partial charge >= 0.3 is 6.09 Å². The number of halogens is 3. The molecule has 6 heteroatoms. The van der Waals surface area contributed by atoms with Gasteiger partial charge in [0, 0.05) is 12.1 Å². The molecule has 0 saturated heterocycles. The van der Waals surface area contributed by atoms with Gasteiger partial charge in [0.25, 0.3) is 0 Å². The molecule has 0 heterocycles. The Bertz CT molecular complexity index is 579. The molecule has 0 aromatic heterocycles. The fourth-order valence-corrected chi connectivity index (χ4v) is 1.38. The van der Waals surface area contributed by atoms with Crippen molar-refractivity contribution in [2.75, 3.05) is 5.32 Å². The summed E-state index contributed by atoms with van der Waals surface area (Å²) in [5, 5.41) is 1.88. The van der Waals surface area contributed by atoms with E-state index < -0.39 is 29.2 Å². The van der Waals surface area contributed by atoms with Crippen LogP contribution in [-0.2, 0) is 0 Å².